The predicted molar refractivity (Wildman–Crippen MR) is 73.5 cm³/mol. The fourth-order valence-corrected chi connectivity index (χ4v) is 3.18. The van der Waals surface area contributed by atoms with Crippen LogP contribution in [-0.2, 0) is 4.79 Å². The molecule has 2 rings (SSSR count). The quantitative estimate of drug-likeness (QED) is 0.817. The van der Waals surface area contributed by atoms with Crippen LogP contribution in [-0.4, -0.2) is 61.0 Å². The Balaban J connectivity index is 1.92. The van der Waals surface area contributed by atoms with Crippen molar-refractivity contribution in [3.63, 3.8) is 0 Å². The summed E-state index contributed by atoms with van der Waals surface area (Å²) in [5.74, 6) is 0.358. The molecule has 2 fully saturated rings. The standard InChI is InChI=1S/C14H27N3O/c1-3-13-11-16(2)8-5-9-17(13)14(18)10-12-6-4-7-15-12/h12-13,15H,3-11H2,1-2H3. The zero-order chi connectivity index (χ0) is 13.0. The molecule has 4 nitrogen and oxygen atoms in total. The van der Waals surface area contributed by atoms with Crippen LogP contribution in [0.15, 0.2) is 0 Å². The summed E-state index contributed by atoms with van der Waals surface area (Å²) in [6, 6.07) is 0.836. The van der Waals surface area contributed by atoms with Crippen molar-refractivity contribution >= 4 is 5.91 Å². The number of hydrogen-bond donors (Lipinski definition) is 1. The molecule has 1 amide bonds. The minimum atomic E-state index is 0.358. The first-order chi connectivity index (χ1) is 8.70. The fraction of sp³-hybridized carbons (Fsp3) is 0.929. The van der Waals surface area contributed by atoms with E-state index >= 15 is 0 Å². The van der Waals surface area contributed by atoms with Gasteiger partial charge in [-0.05, 0) is 45.8 Å². The molecule has 2 aliphatic rings. The number of likely N-dealkylation sites (N-methyl/N-ethyl adjacent to an activating group) is 1. The number of amides is 1. The maximum absolute atomic E-state index is 12.5. The molecule has 2 saturated heterocycles. The van der Waals surface area contributed by atoms with E-state index in [1.807, 2.05) is 0 Å². The first-order valence-electron chi connectivity index (χ1n) is 7.42. The van der Waals surface area contributed by atoms with Crippen LogP contribution in [0.2, 0.25) is 0 Å². The Hall–Kier alpha value is -0.610. The summed E-state index contributed by atoms with van der Waals surface area (Å²) in [6.07, 6.45) is 5.25. The lowest BCUT2D eigenvalue weighted by atomic mass is 10.1. The Bertz CT molecular complexity index is 276. The molecule has 0 radical (unpaired) electrons. The number of carbonyl (C=O) groups is 1. The second kappa shape index (κ2) is 6.53. The summed E-state index contributed by atoms with van der Waals surface area (Å²) in [5.41, 5.74) is 0. The summed E-state index contributed by atoms with van der Waals surface area (Å²) in [5, 5.41) is 3.43. The van der Waals surface area contributed by atoms with Gasteiger partial charge in [0.15, 0.2) is 0 Å². The average molecular weight is 253 g/mol. The van der Waals surface area contributed by atoms with E-state index in [2.05, 4.69) is 29.1 Å². The van der Waals surface area contributed by atoms with Gasteiger partial charge in [0.05, 0.1) is 0 Å². The summed E-state index contributed by atoms with van der Waals surface area (Å²) < 4.78 is 0. The van der Waals surface area contributed by atoms with E-state index in [-0.39, 0.29) is 0 Å². The van der Waals surface area contributed by atoms with Gasteiger partial charge in [0.1, 0.15) is 0 Å². The topological polar surface area (TPSA) is 35.6 Å². The van der Waals surface area contributed by atoms with Crippen LogP contribution in [0.4, 0.5) is 0 Å². The predicted octanol–water partition coefficient (Wildman–Crippen LogP) is 1.07. The summed E-state index contributed by atoms with van der Waals surface area (Å²) >= 11 is 0. The zero-order valence-corrected chi connectivity index (χ0v) is 11.8. The van der Waals surface area contributed by atoms with Gasteiger partial charge in [0.25, 0.3) is 0 Å². The molecule has 0 aromatic rings. The maximum Gasteiger partial charge on any atom is 0.224 e. The van der Waals surface area contributed by atoms with Gasteiger partial charge in [-0.3, -0.25) is 4.79 Å². The molecule has 0 aromatic carbocycles. The van der Waals surface area contributed by atoms with Gasteiger partial charge in [0.2, 0.25) is 5.91 Å². The Morgan fingerprint density at radius 1 is 1.33 bits per heavy atom. The lowest BCUT2D eigenvalue weighted by molar-refractivity contribution is -0.133. The third-order valence-corrected chi connectivity index (χ3v) is 4.28. The maximum atomic E-state index is 12.5. The highest BCUT2D eigenvalue weighted by molar-refractivity contribution is 5.77. The Kier molecular flexibility index (Phi) is 5.01. The molecule has 104 valence electrons. The first-order valence-corrected chi connectivity index (χ1v) is 7.42. The van der Waals surface area contributed by atoms with Gasteiger partial charge in [-0.1, -0.05) is 6.92 Å². The number of rotatable bonds is 3. The average Bonchev–Trinajstić information content (AvgIpc) is 2.77. The minimum Gasteiger partial charge on any atom is -0.338 e. The van der Waals surface area contributed by atoms with Crippen LogP contribution in [0, 0.1) is 0 Å². The number of hydrogen-bond acceptors (Lipinski definition) is 3. The number of carbonyl (C=O) groups excluding carboxylic acids is 1. The number of nitrogens with one attached hydrogen (secondary N) is 1. The van der Waals surface area contributed by atoms with Crippen molar-refractivity contribution < 1.29 is 4.79 Å². The molecule has 18 heavy (non-hydrogen) atoms. The van der Waals surface area contributed by atoms with E-state index in [4.69, 9.17) is 0 Å². The molecule has 0 saturated carbocycles. The van der Waals surface area contributed by atoms with Crippen LogP contribution in [0.3, 0.4) is 0 Å². The lowest BCUT2D eigenvalue weighted by Gasteiger charge is -2.31. The summed E-state index contributed by atoms with van der Waals surface area (Å²) in [4.78, 5) is 16.9. The molecule has 4 heteroatoms. The molecule has 2 atom stereocenters. The van der Waals surface area contributed by atoms with Crippen LogP contribution in [0.25, 0.3) is 0 Å². The van der Waals surface area contributed by atoms with Crippen molar-refractivity contribution in [2.24, 2.45) is 0 Å². The zero-order valence-electron chi connectivity index (χ0n) is 11.8. The monoisotopic (exact) mass is 253 g/mol. The Labute approximate surface area is 111 Å². The van der Waals surface area contributed by atoms with Gasteiger partial charge in [-0.25, -0.2) is 0 Å². The molecular formula is C14H27N3O. The van der Waals surface area contributed by atoms with Gasteiger partial charge >= 0.3 is 0 Å². The molecular weight excluding hydrogens is 226 g/mol. The van der Waals surface area contributed by atoms with Crippen LogP contribution in [0.5, 0.6) is 0 Å². The van der Waals surface area contributed by atoms with E-state index in [0.717, 1.165) is 45.4 Å². The molecule has 2 unspecified atom stereocenters. The van der Waals surface area contributed by atoms with Crippen molar-refractivity contribution in [3.05, 3.63) is 0 Å². The molecule has 0 bridgehead atoms. The molecule has 0 aromatic heterocycles. The molecule has 2 aliphatic heterocycles. The summed E-state index contributed by atoms with van der Waals surface area (Å²) in [6.45, 7) is 6.35. The van der Waals surface area contributed by atoms with Gasteiger partial charge < -0.3 is 15.1 Å². The largest absolute Gasteiger partial charge is 0.338 e. The highest BCUT2D eigenvalue weighted by Crippen LogP contribution is 2.16. The van der Waals surface area contributed by atoms with E-state index in [9.17, 15) is 4.79 Å². The third kappa shape index (κ3) is 3.45. The van der Waals surface area contributed by atoms with Crippen molar-refractivity contribution in [1.29, 1.82) is 0 Å². The summed E-state index contributed by atoms with van der Waals surface area (Å²) in [7, 11) is 2.16. The molecule has 0 spiro atoms. The van der Waals surface area contributed by atoms with Crippen LogP contribution < -0.4 is 5.32 Å². The molecule has 1 N–H and O–H groups in total. The van der Waals surface area contributed by atoms with E-state index in [0.29, 0.717) is 24.4 Å². The van der Waals surface area contributed by atoms with Crippen molar-refractivity contribution in [2.45, 2.75) is 51.1 Å². The van der Waals surface area contributed by atoms with Crippen molar-refractivity contribution in [2.75, 3.05) is 33.2 Å². The SMILES string of the molecule is CCC1CN(C)CCCN1C(=O)CC1CCCN1. The highest BCUT2D eigenvalue weighted by atomic mass is 16.2. The van der Waals surface area contributed by atoms with Crippen LogP contribution in [0.1, 0.15) is 39.0 Å². The van der Waals surface area contributed by atoms with E-state index < -0.39 is 0 Å². The fourth-order valence-electron chi connectivity index (χ4n) is 3.18. The van der Waals surface area contributed by atoms with Gasteiger partial charge in [0, 0.05) is 31.6 Å². The lowest BCUT2D eigenvalue weighted by Crippen LogP contribution is -2.45. The minimum absolute atomic E-state index is 0.358. The highest BCUT2D eigenvalue weighted by Gasteiger charge is 2.28. The Morgan fingerprint density at radius 2 is 2.17 bits per heavy atom. The van der Waals surface area contributed by atoms with Gasteiger partial charge in [-0.2, -0.15) is 0 Å². The smallest absolute Gasteiger partial charge is 0.224 e. The van der Waals surface area contributed by atoms with E-state index in [1.165, 1.54) is 6.42 Å². The second-order valence-corrected chi connectivity index (χ2v) is 5.76. The van der Waals surface area contributed by atoms with Gasteiger partial charge in [-0.15, -0.1) is 0 Å². The van der Waals surface area contributed by atoms with Crippen LogP contribution >= 0.6 is 0 Å². The normalized spacial score (nSPS) is 30.4. The van der Waals surface area contributed by atoms with E-state index in [1.54, 1.807) is 0 Å². The Morgan fingerprint density at radius 3 is 2.83 bits per heavy atom. The second-order valence-electron chi connectivity index (χ2n) is 5.76. The van der Waals surface area contributed by atoms with Crippen molar-refractivity contribution in [1.82, 2.24) is 15.1 Å². The number of nitrogens with zero attached hydrogens (tertiary/aromatic N) is 2. The third-order valence-electron chi connectivity index (χ3n) is 4.28. The van der Waals surface area contributed by atoms with Crippen molar-refractivity contribution in [3.8, 4) is 0 Å². The molecule has 0 aliphatic carbocycles. The molecule has 2 heterocycles. The first kappa shape index (κ1) is 13.8.